The summed E-state index contributed by atoms with van der Waals surface area (Å²) in [7, 11) is 3.69. The number of piperidine rings is 1. The molecule has 1 amide bonds. The summed E-state index contributed by atoms with van der Waals surface area (Å²) in [6.07, 6.45) is 9.02. The molecule has 1 aliphatic rings. The summed E-state index contributed by atoms with van der Waals surface area (Å²) in [5.41, 5.74) is 1.51. The molecular weight excluding hydrogens is 318 g/mol. The van der Waals surface area contributed by atoms with Crippen molar-refractivity contribution < 1.29 is 4.79 Å². The fraction of sp³-hybridized carbons (Fsp3) is 0.412. The maximum absolute atomic E-state index is 12.6. The van der Waals surface area contributed by atoms with Gasteiger partial charge in [-0.05, 0) is 25.0 Å². The van der Waals surface area contributed by atoms with E-state index in [1.165, 1.54) is 0 Å². The molecule has 0 atom stereocenters. The number of carbonyl (C=O) groups is 1. The Bertz CT molecular complexity index is 891. The maximum atomic E-state index is 12.6. The van der Waals surface area contributed by atoms with Gasteiger partial charge in [-0.15, -0.1) is 0 Å². The Hall–Kier alpha value is -2.90. The average Bonchev–Trinajstić information content (AvgIpc) is 3.29. The number of aryl methyl sites for hydroxylation is 1. The highest BCUT2D eigenvalue weighted by Gasteiger charge is 2.28. The molecule has 8 heteroatoms. The second-order valence-electron chi connectivity index (χ2n) is 6.42. The van der Waals surface area contributed by atoms with Gasteiger partial charge in [0, 0.05) is 51.8 Å². The van der Waals surface area contributed by atoms with Crippen molar-refractivity contribution in [2.24, 2.45) is 7.05 Å². The lowest BCUT2D eigenvalue weighted by Crippen LogP contribution is -2.46. The average molecular weight is 339 g/mol. The van der Waals surface area contributed by atoms with E-state index >= 15 is 0 Å². The predicted octanol–water partition coefficient (Wildman–Crippen LogP) is 1.20. The van der Waals surface area contributed by atoms with Gasteiger partial charge in [-0.25, -0.2) is 9.50 Å². The van der Waals surface area contributed by atoms with Crippen molar-refractivity contribution in [3.05, 3.63) is 42.6 Å². The zero-order chi connectivity index (χ0) is 17.4. The van der Waals surface area contributed by atoms with Gasteiger partial charge < -0.3 is 9.80 Å². The van der Waals surface area contributed by atoms with E-state index in [1.807, 2.05) is 35.8 Å². The van der Waals surface area contributed by atoms with Crippen LogP contribution in [0.1, 0.15) is 23.3 Å². The normalized spacial score (nSPS) is 15.7. The van der Waals surface area contributed by atoms with Crippen LogP contribution in [-0.4, -0.2) is 61.4 Å². The van der Waals surface area contributed by atoms with Crippen LogP contribution in [0.3, 0.4) is 0 Å². The van der Waals surface area contributed by atoms with Crippen molar-refractivity contribution in [1.29, 1.82) is 0 Å². The molecule has 130 valence electrons. The Kier molecular flexibility index (Phi) is 3.87. The fourth-order valence-corrected chi connectivity index (χ4v) is 3.43. The molecule has 4 heterocycles. The number of hydrogen-bond donors (Lipinski definition) is 0. The van der Waals surface area contributed by atoms with Crippen LogP contribution in [0, 0.1) is 0 Å². The van der Waals surface area contributed by atoms with E-state index in [1.54, 1.807) is 29.3 Å². The first-order chi connectivity index (χ1) is 12.1. The lowest BCUT2D eigenvalue weighted by atomic mass is 10.0. The first-order valence-corrected chi connectivity index (χ1v) is 8.43. The number of carbonyl (C=O) groups excluding carboxylic acids is 1. The van der Waals surface area contributed by atoms with Crippen molar-refractivity contribution in [3.8, 4) is 0 Å². The minimum atomic E-state index is -0.0185. The molecular formula is C17H21N7O. The van der Waals surface area contributed by atoms with Crippen LogP contribution in [0.15, 0.2) is 36.9 Å². The SMILES string of the molecule is CN(C(=O)c1ccn(C)n1)C1CCN(c2nccn3nccc23)CC1. The summed E-state index contributed by atoms with van der Waals surface area (Å²) < 4.78 is 3.49. The standard InChI is InChI=1S/C17H21N7O/c1-21-9-6-14(20-21)17(25)22(2)13-4-10-23(11-5-13)16-15-3-7-19-24(15)12-8-18-16/h3,6-9,12-13H,4-5,10-11H2,1-2H3. The third kappa shape index (κ3) is 2.84. The fourth-order valence-electron chi connectivity index (χ4n) is 3.43. The minimum absolute atomic E-state index is 0.0185. The highest BCUT2D eigenvalue weighted by molar-refractivity contribution is 5.92. The second kappa shape index (κ2) is 6.19. The van der Waals surface area contributed by atoms with Crippen LogP contribution in [0.2, 0.25) is 0 Å². The van der Waals surface area contributed by atoms with Crippen LogP contribution >= 0.6 is 0 Å². The smallest absolute Gasteiger partial charge is 0.274 e. The van der Waals surface area contributed by atoms with E-state index < -0.39 is 0 Å². The van der Waals surface area contributed by atoms with Gasteiger partial charge in [-0.3, -0.25) is 9.48 Å². The van der Waals surface area contributed by atoms with Gasteiger partial charge in [0.25, 0.3) is 5.91 Å². The van der Waals surface area contributed by atoms with Gasteiger partial charge >= 0.3 is 0 Å². The molecule has 0 aliphatic carbocycles. The number of anilines is 1. The van der Waals surface area contributed by atoms with Crippen molar-refractivity contribution >= 4 is 17.2 Å². The molecule has 3 aromatic heterocycles. The number of nitrogens with zero attached hydrogens (tertiary/aromatic N) is 7. The zero-order valence-corrected chi connectivity index (χ0v) is 14.4. The molecule has 0 spiro atoms. The van der Waals surface area contributed by atoms with Gasteiger partial charge in [0.2, 0.25) is 0 Å². The summed E-state index contributed by atoms with van der Waals surface area (Å²) in [6, 6.07) is 3.96. The lowest BCUT2D eigenvalue weighted by Gasteiger charge is -2.37. The Morgan fingerprint density at radius 3 is 2.72 bits per heavy atom. The molecule has 1 aliphatic heterocycles. The Morgan fingerprint density at radius 1 is 1.20 bits per heavy atom. The van der Waals surface area contributed by atoms with E-state index in [4.69, 9.17) is 0 Å². The molecule has 0 saturated carbocycles. The van der Waals surface area contributed by atoms with E-state index in [0.717, 1.165) is 37.3 Å². The van der Waals surface area contributed by atoms with E-state index in [2.05, 4.69) is 20.1 Å². The minimum Gasteiger partial charge on any atom is -0.355 e. The number of rotatable bonds is 3. The molecule has 25 heavy (non-hydrogen) atoms. The van der Waals surface area contributed by atoms with E-state index in [0.29, 0.717) is 5.69 Å². The molecule has 0 bridgehead atoms. The molecule has 0 unspecified atom stereocenters. The van der Waals surface area contributed by atoms with E-state index in [9.17, 15) is 4.79 Å². The summed E-state index contributed by atoms with van der Waals surface area (Å²) >= 11 is 0. The van der Waals surface area contributed by atoms with Crippen molar-refractivity contribution in [1.82, 2.24) is 29.3 Å². The van der Waals surface area contributed by atoms with Gasteiger partial charge in [-0.2, -0.15) is 10.2 Å². The van der Waals surface area contributed by atoms with Crippen LogP contribution < -0.4 is 4.90 Å². The first kappa shape index (κ1) is 15.6. The summed E-state index contributed by atoms with van der Waals surface area (Å²) in [4.78, 5) is 21.2. The largest absolute Gasteiger partial charge is 0.355 e. The Balaban J connectivity index is 1.44. The molecule has 0 radical (unpaired) electrons. The third-order valence-corrected chi connectivity index (χ3v) is 4.87. The highest BCUT2D eigenvalue weighted by Crippen LogP contribution is 2.24. The number of aromatic nitrogens is 5. The number of fused-ring (bicyclic) bond motifs is 1. The summed E-state index contributed by atoms with van der Waals surface area (Å²) in [5.74, 6) is 0.937. The third-order valence-electron chi connectivity index (χ3n) is 4.87. The van der Waals surface area contributed by atoms with Crippen molar-refractivity contribution in [2.45, 2.75) is 18.9 Å². The molecule has 8 nitrogen and oxygen atoms in total. The van der Waals surface area contributed by atoms with Crippen LogP contribution in [-0.2, 0) is 7.05 Å². The zero-order valence-electron chi connectivity index (χ0n) is 14.4. The lowest BCUT2D eigenvalue weighted by molar-refractivity contribution is 0.0702. The highest BCUT2D eigenvalue weighted by atomic mass is 16.2. The van der Waals surface area contributed by atoms with Crippen molar-refractivity contribution in [2.75, 3.05) is 25.0 Å². The summed E-state index contributed by atoms with van der Waals surface area (Å²) in [5, 5.41) is 8.48. The Labute approximate surface area is 145 Å². The quantitative estimate of drug-likeness (QED) is 0.717. The molecule has 1 fully saturated rings. The molecule has 4 rings (SSSR count). The Morgan fingerprint density at radius 2 is 2.00 bits per heavy atom. The predicted molar refractivity (Wildman–Crippen MR) is 93.5 cm³/mol. The van der Waals surface area contributed by atoms with Gasteiger partial charge in [0.15, 0.2) is 5.82 Å². The molecule has 0 N–H and O–H groups in total. The topological polar surface area (TPSA) is 71.6 Å². The van der Waals surface area contributed by atoms with Crippen LogP contribution in [0.25, 0.3) is 5.52 Å². The molecule has 0 aromatic carbocycles. The van der Waals surface area contributed by atoms with Crippen molar-refractivity contribution in [3.63, 3.8) is 0 Å². The van der Waals surface area contributed by atoms with Gasteiger partial charge in [-0.1, -0.05) is 0 Å². The number of hydrogen-bond acceptors (Lipinski definition) is 5. The van der Waals surface area contributed by atoms with Gasteiger partial charge in [0.05, 0.1) is 6.20 Å². The second-order valence-corrected chi connectivity index (χ2v) is 6.42. The van der Waals surface area contributed by atoms with Crippen LogP contribution in [0.4, 0.5) is 5.82 Å². The maximum Gasteiger partial charge on any atom is 0.274 e. The van der Waals surface area contributed by atoms with Crippen LogP contribution in [0.5, 0.6) is 0 Å². The monoisotopic (exact) mass is 339 g/mol. The molecule has 3 aromatic rings. The van der Waals surface area contributed by atoms with E-state index in [-0.39, 0.29) is 11.9 Å². The number of amides is 1. The summed E-state index contributed by atoms with van der Waals surface area (Å²) in [6.45, 7) is 1.73. The molecule has 1 saturated heterocycles. The first-order valence-electron chi connectivity index (χ1n) is 8.43. The van der Waals surface area contributed by atoms with Gasteiger partial charge in [0.1, 0.15) is 11.2 Å².